The molecule has 2 rings (SSSR count). The van der Waals surface area contributed by atoms with E-state index in [0.717, 1.165) is 5.69 Å². The monoisotopic (exact) mass is 204 g/mol. The molecule has 4 heteroatoms. The lowest BCUT2D eigenvalue weighted by Gasteiger charge is -2.04. The van der Waals surface area contributed by atoms with Gasteiger partial charge < -0.3 is 4.57 Å². The maximum absolute atomic E-state index is 12.9. The highest BCUT2D eigenvalue weighted by Gasteiger charge is 2.05. The Kier molecular flexibility index (Phi) is 2.33. The summed E-state index contributed by atoms with van der Waals surface area (Å²) in [6.07, 6.45) is 4.00. The van der Waals surface area contributed by atoms with Crippen LogP contribution >= 0.6 is 0 Å². The van der Waals surface area contributed by atoms with Gasteiger partial charge in [0.05, 0.1) is 17.7 Å². The van der Waals surface area contributed by atoms with Crippen LogP contribution in [0.4, 0.5) is 4.39 Å². The second-order valence-electron chi connectivity index (χ2n) is 3.24. The number of carbonyl (C=O) groups is 1. The van der Waals surface area contributed by atoms with Crippen LogP contribution in [0, 0.1) is 12.7 Å². The molecule has 0 aliphatic heterocycles. The molecule has 1 aromatic heterocycles. The molecule has 76 valence electrons. The zero-order valence-electron chi connectivity index (χ0n) is 8.14. The number of hydrogen-bond acceptors (Lipinski definition) is 2. The summed E-state index contributed by atoms with van der Waals surface area (Å²) in [4.78, 5) is 14.8. The Labute approximate surface area is 86.2 Å². The minimum atomic E-state index is -0.419. The standard InChI is InChI=1S/C11H9FN2O/c1-8-5-14(7-13-8)11-3-2-10(12)4-9(11)6-15/h2-7H,1H3. The van der Waals surface area contributed by atoms with E-state index in [4.69, 9.17) is 0 Å². The summed E-state index contributed by atoms with van der Waals surface area (Å²) in [7, 11) is 0. The summed E-state index contributed by atoms with van der Waals surface area (Å²) in [5.74, 6) is -0.419. The van der Waals surface area contributed by atoms with Crippen molar-refractivity contribution >= 4 is 6.29 Å². The van der Waals surface area contributed by atoms with Gasteiger partial charge in [-0.2, -0.15) is 0 Å². The van der Waals surface area contributed by atoms with E-state index in [1.165, 1.54) is 12.1 Å². The number of aldehydes is 1. The molecule has 0 N–H and O–H groups in total. The number of hydrogen-bond donors (Lipinski definition) is 0. The molecule has 0 radical (unpaired) electrons. The number of nitrogens with zero attached hydrogens (tertiary/aromatic N) is 2. The lowest BCUT2D eigenvalue weighted by molar-refractivity contribution is 0.112. The average molecular weight is 204 g/mol. The molecule has 0 amide bonds. The molecule has 1 aromatic carbocycles. The van der Waals surface area contributed by atoms with Gasteiger partial charge in [-0.25, -0.2) is 9.37 Å². The molecule has 0 aliphatic carbocycles. The summed E-state index contributed by atoms with van der Waals surface area (Å²) < 4.78 is 14.6. The van der Waals surface area contributed by atoms with Gasteiger partial charge in [0.1, 0.15) is 5.82 Å². The van der Waals surface area contributed by atoms with E-state index in [2.05, 4.69) is 4.98 Å². The fraction of sp³-hybridized carbons (Fsp3) is 0.0909. The molecule has 3 nitrogen and oxygen atoms in total. The zero-order chi connectivity index (χ0) is 10.8. The molecule has 2 aromatic rings. The van der Waals surface area contributed by atoms with Gasteiger partial charge in [-0.3, -0.25) is 4.79 Å². The molecule has 0 fully saturated rings. The second kappa shape index (κ2) is 3.65. The van der Waals surface area contributed by atoms with Gasteiger partial charge in [0.25, 0.3) is 0 Å². The minimum absolute atomic E-state index is 0.312. The van der Waals surface area contributed by atoms with E-state index >= 15 is 0 Å². The highest BCUT2D eigenvalue weighted by atomic mass is 19.1. The third kappa shape index (κ3) is 1.79. The van der Waals surface area contributed by atoms with Gasteiger partial charge in [-0.1, -0.05) is 0 Å². The molecule has 1 heterocycles. The van der Waals surface area contributed by atoms with Crippen LogP contribution in [-0.2, 0) is 0 Å². The molecule has 0 atom stereocenters. The van der Waals surface area contributed by atoms with Crippen molar-refractivity contribution in [3.05, 3.63) is 47.8 Å². The molecule has 15 heavy (non-hydrogen) atoms. The quantitative estimate of drug-likeness (QED) is 0.702. The smallest absolute Gasteiger partial charge is 0.152 e. The topological polar surface area (TPSA) is 34.9 Å². The van der Waals surface area contributed by atoms with E-state index in [-0.39, 0.29) is 0 Å². The van der Waals surface area contributed by atoms with E-state index in [1.807, 2.05) is 6.92 Å². The largest absolute Gasteiger partial charge is 0.305 e. The van der Waals surface area contributed by atoms with Crippen LogP contribution in [0.15, 0.2) is 30.7 Å². The summed E-state index contributed by atoms with van der Waals surface area (Å²) in [6.45, 7) is 1.85. The highest BCUT2D eigenvalue weighted by Crippen LogP contribution is 2.14. The van der Waals surface area contributed by atoms with Gasteiger partial charge in [0.15, 0.2) is 6.29 Å². The number of aryl methyl sites for hydroxylation is 1. The number of carbonyl (C=O) groups excluding carboxylic acids is 1. The first-order valence-electron chi connectivity index (χ1n) is 4.46. The van der Waals surface area contributed by atoms with Crippen molar-refractivity contribution in [3.8, 4) is 5.69 Å². The lowest BCUT2D eigenvalue weighted by Crippen LogP contribution is -1.97. The first-order chi connectivity index (χ1) is 7.20. The van der Waals surface area contributed by atoms with Crippen LogP contribution in [0.3, 0.4) is 0 Å². The van der Waals surface area contributed by atoms with Crippen molar-refractivity contribution < 1.29 is 9.18 Å². The van der Waals surface area contributed by atoms with Gasteiger partial charge in [0.2, 0.25) is 0 Å². The van der Waals surface area contributed by atoms with E-state index in [1.54, 1.807) is 23.2 Å². The van der Waals surface area contributed by atoms with Gasteiger partial charge in [0, 0.05) is 11.8 Å². The number of benzene rings is 1. The van der Waals surface area contributed by atoms with E-state index in [0.29, 0.717) is 17.5 Å². The van der Waals surface area contributed by atoms with Crippen LogP contribution in [-0.4, -0.2) is 15.8 Å². The lowest BCUT2D eigenvalue weighted by atomic mass is 10.2. The number of rotatable bonds is 2. The number of imidazole rings is 1. The van der Waals surface area contributed by atoms with Crippen molar-refractivity contribution in [1.82, 2.24) is 9.55 Å². The molecular formula is C11H9FN2O. The number of halogens is 1. The van der Waals surface area contributed by atoms with Crippen molar-refractivity contribution in [2.75, 3.05) is 0 Å². The fourth-order valence-corrected chi connectivity index (χ4v) is 1.41. The number of aromatic nitrogens is 2. The summed E-state index contributed by atoms with van der Waals surface area (Å²) in [5, 5.41) is 0. The minimum Gasteiger partial charge on any atom is -0.305 e. The first kappa shape index (κ1) is 9.58. The van der Waals surface area contributed by atoms with Crippen molar-refractivity contribution in [2.24, 2.45) is 0 Å². The summed E-state index contributed by atoms with van der Waals surface area (Å²) in [5.41, 5.74) is 1.79. The normalized spacial score (nSPS) is 10.3. The molecule has 0 aliphatic rings. The Morgan fingerprint density at radius 3 is 2.87 bits per heavy atom. The molecule has 0 spiro atoms. The Hall–Kier alpha value is -1.97. The van der Waals surface area contributed by atoms with E-state index < -0.39 is 5.82 Å². The first-order valence-corrected chi connectivity index (χ1v) is 4.46. The maximum Gasteiger partial charge on any atom is 0.152 e. The Balaban J connectivity index is 2.57. The van der Waals surface area contributed by atoms with Crippen LogP contribution in [0.25, 0.3) is 5.69 Å². The zero-order valence-corrected chi connectivity index (χ0v) is 8.14. The maximum atomic E-state index is 12.9. The van der Waals surface area contributed by atoms with Crippen LogP contribution in [0.2, 0.25) is 0 Å². The van der Waals surface area contributed by atoms with Crippen molar-refractivity contribution in [3.63, 3.8) is 0 Å². The second-order valence-corrected chi connectivity index (χ2v) is 3.24. The van der Waals surface area contributed by atoms with Crippen molar-refractivity contribution in [2.45, 2.75) is 6.92 Å². The predicted molar refractivity (Wildman–Crippen MR) is 53.6 cm³/mol. The Morgan fingerprint density at radius 2 is 2.27 bits per heavy atom. The Bertz CT molecular complexity index is 505. The fourth-order valence-electron chi connectivity index (χ4n) is 1.41. The molecule has 0 saturated carbocycles. The molecule has 0 unspecified atom stereocenters. The third-order valence-electron chi connectivity index (χ3n) is 2.11. The predicted octanol–water partition coefficient (Wildman–Crippen LogP) is 2.13. The van der Waals surface area contributed by atoms with E-state index in [9.17, 15) is 9.18 Å². The molecular weight excluding hydrogens is 195 g/mol. The van der Waals surface area contributed by atoms with Crippen LogP contribution in [0.1, 0.15) is 16.1 Å². The van der Waals surface area contributed by atoms with Gasteiger partial charge >= 0.3 is 0 Å². The molecule has 0 bridgehead atoms. The van der Waals surface area contributed by atoms with Crippen LogP contribution < -0.4 is 0 Å². The Morgan fingerprint density at radius 1 is 1.47 bits per heavy atom. The average Bonchev–Trinajstić information content (AvgIpc) is 2.64. The summed E-state index contributed by atoms with van der Waals surface area (Å²) >= 11 is 0. The highest BCUT2D eigenvalue weighted by molar-refractivity contribution is 5.80. The molecule has 0 saturated heterocycles. The van der Waals surface area contributed by atoms with Gasteiger partial charge in [-0.15, -0.1) is 0 Å². The van der Waals surface area contributed by atoms with Crippen LogP contribution in [0.5, 0.6) is 0 Å². The van der Waals surface area contributed by atoms with Gasteiger partial charge in [-0.05, 0) is 25.1 Å². The van der Waals surface area contributed by atoms with Crippen molar-refractivity contribution in [1.29, 1.82) is 0 Å². The SMILES string of the molecule is Cc1cn(-c2ccc(F)cc2C=O)cn1. The summed E-state index contributed by atoms with van der Waals surface area (Å²) in [6, 6.07) is 4.08. The third-order valence-corrected chi connectivity index (χ3v) is 2.11.